The van der Waals surface area contributed by atoms with Gasteiger partial charge in [-0.15, -0.1) is 0 Å². The standard InChI is InChI=1S/C15H18ClN5O/c1-21(2)12(10-5-3-4-6-11(10)16)9-20-15(22)13-14(17)19-8-7-18-13/h3-8,12H,9H2,1-2H3,(H2,17,19)(H,20,22)/t12-/m0/s1. The van der Waals surface area contributed by atoms with Crippen molar-refractivity contribution in [3.63, 3.8) is 0 Å². The zero-order valence-corrected chi connectivity index (χ0v) is 13.2. The number of rotatable bonds is 5. The Morgan fingerprint density at radius 3 is 2.64 bits per heavy atom. The Bertz CT molecular complexity index is 662. The first-order valence-corrected chi connectivity index (χ1v) is 7.14. The summed E-state index contributed by atoms with van der Waals surface area (Å²) in [6, 6.07) is 7.50. The molecular formula is C15H18ClN5O. The minimum Gasteiger partial charge on any atom is -0.382 e. The molecule has 0 saturated carbocycles. The number of aromatic nitrogens is 2. The summed E-state index contributed by atoms with van der Waals surface area (Å²) in [7, 11) is 3.85. The predicted octanol–water partition coefficient (Wildman–Crippen LogP) is 1.74. The number of halogens is 1. The average molecular weight is 320 g/mol. The van der Waals surface area contributed by atoms with Crippen LogP contribution < -0.4 is 11.1 Å². The van der Waals surface area contributed by atoms with Crippen LogP contribution in [0.5, 0.6) is 0 Å². The molecule has 0 saturated heterocycles. The lowest BCUT2D eigenvalue weighted by molar-refractivity contribution is 0.0937. The van der Waals surface area contributed by atoms with Crippen molar-refractivity contribution in [2.24, 2.45) is 0 Å². The number of hydrogen-bond donors (Lipinski definition) is 2. The van der Waals surface area contributed by atoms with Crippen molar-refractivity contribution in [3.05, 3.63) is 52.9 Å². The molecule has 22 heavy (non-hydrogen) atoms. The Morgan fingerprint density at radius 1 is 1.32 bits per heavy atom. The molecule has 0 unspecified atom stereocenters. The second kappa shape index (κ2) is 7.20. The van der Waals surface area contributed by atoms with E-state index in [-0.39, 0.29) is 23.5 Å². The van der Waals surface area contributed by atoms with Gasteiger partial charge in [-0.1, -0.05) is 29.8 Å². The summed E-state index contributed by atoms with van der Waals surface area (Å²) in [6.07, 6.45) is 2.88. The van der Waals surface area contributed by atoms with Crippen molar-refractivity contribution < 1.29 is 4.79 Å². The highest BCUT2D eigenvalue weighted by molar-refractivity contribution is 6.31. The third-order valence-corrected chi connectivity index (χ3v) is 3.63. The Balaban J connectivity index is 2.12. The highest BCUT2D eigenvalue weighted by atomic mass is 35.5. The summed E-state index contributed by atoms with van der Waals surface area (Å²) >= 11 is 6.24. The lowest BCUT2D eigenvalue weighted by atomic mass is 10.1. The molecule has 2 rings (SSSR count). The molecule has 0 spiro atoms. The summed E-state index contributed by atoms with van der Waals surface area (Å²) < 4.78 is 0. The topological polar surface area (TPSA) is 84.1 Å². The Kier molecular flexibility index (Phi) is 5.30. The average Bonchev–Trinajstić information content (AvgIpc) is 2.49. The van der Waals surface area contributed by atoms with E-state index in [0.29, 0.717) is 11.6 Å². The lowest BCUT2D eigenvalue weighted by Gasteiger charge is -2.25. The first kappa shape index (κ1) is 16.2. The van der Waals surface area contributed by atoms with Crippen LogP contribution in [0.3, 0.4) is 0 Å². The van der Waals surface area contributed by atoms with E-state index in [1.807, 2.05) is 43.3 Å². The number of hydrogen-bond acceptors (Lipinski definition) is 5. The number of nitrogen functional groups attached to an aromatic ring is 1. The highest BCUT2D eigenvalue weighted by Gasteiger charge is 2.19. The molecular weight excluding hydrogens is 302 g/mol. The van der Waals surface area contributed by atoms with Crippen LogP contribution in [0.4, 0.5) is 5.82 Å². The van der Waals surface area contributed by atoms with E-state index in [2.05, 4.69) is 15.3 Å². The molecule has 116 valence electrons. The summed E-state index contributed by atoms with van der Waals surface area (Å²) in [5.41, 5.74) is 6.73. The summed E-state index contributed by atoms with van der Waals surface area (Å²) in [5, 5.41) is 3.49. The van der Waals surface area contributed by atoms with E-state index in [0.717, 1.165) is 5.56 Å². The minimum absolute atomic E-state index is 0.0597. The first-order valence-electron chi connectivity index (χ1n) is 6.76. The fourth-order valence-electron chi connectivity index (χ4n) is 2.11. The van der Waals surface area contributed by atoms with Gasteiger partial charge in [0.15, 0.2) is 11.5 Å². The van der Waals surface area contributed by atoms with Gasteiger partial charge in [-0.05, 0) is 25.7 Å². The van der Waals surface area contributed by atoms with Gasteiger partial charge in [0.2, 0.25) is 0 Å². The van der Waals surface area contributed by atoms with Gasteiger partial charge < -0.3 is 16.0 Å². The summed E-state index contributed by atoms with van der Waals surface area (Å²) in [5.74, 6) is -0.247. The van der Waals surface area contributed by atoms with E-state index in [1.165, 1.54) is 12.4 Å². The fraction of sp³-hybridized carbons (Fsp3) is 0.267. The molecule has 1 atom stereocenters. The van der Waals surface area contributed by atoms with E-state index < -0.39 is 0 Å². The molecule has 1 aromatic carbocycles. The third-order valence-electron chi connectivity index (χ3n) is 3.29. The summed E-state index contributed by atoms with van der Waals surface area (Å²) in [6.45, 7) is 0.381. The molecule has 1 heterocycles. The van der Waals surface area contributed by atoms with Crippen LogP contribution >= 0.6 is 11.6 Å². The van der Waals surface area contributed by atoms with Crippen LogP contribution in [0.25, 0.3) is 0 Å². The van der Waals surface area contributed by atoms with E-state index in [4.69, 9.17) is 17.3 Å². The first-order chi connectivity index (χ1) is 10.5. The van der Waals surface area contributed by atoms with Gasteiger partial charge in [-0.25, -0.2) is 9.97 Å². The molecule has 1 aromatic heterocycles. The van der Waals surface area contributed by atoms with Gasteiger partial charge in [0.05, 0.1) is 6.04 Å². The number of nitrogens with two attached hydrogens (primary N) is 1. The number of likely N-dealkylation sites (N-methyl/N-ethyl adjacent to an activating group) is 1. The largest absolute Gasteiger partial charge is 0.382 e. The molecule has 0 fully saturated rings. The number of carbonyl (C=O) groups is 1. The summed E-state index contributed by atoms with van der Waals surface area (Å²) in [4.78, 5) is 22.0. The number of anilines is 1. The number of nitrogens with zero attached hydrogens (tertiary/aromatic N) is 3. The number of amides is 1. The van der Waals surface area contributed by atoms with Crippen molar-refractivity contribution in [2.45, 2.75) is 6.04 Å². The van der Waals surface area contributed by atoms with Crippen molar-refractivity contribution in [1.82, 2.24) is 20.2 Å². The van der Waals surface area contributed by atoms with Crippen LogP contribution in [-0.4, -0.2) is 41.4 Å². The van der Waals surface area contributed by atoms with Gasteiger partial charge >= 0.3 is 0 Å². The molecule has 6 nitrogen and oxygen atoms in total. The SMILES string of the molecule is CN(C)[C@@H](CNC(=O)c1nccnc1N)c1ccccc1Cl. The molecule has 0 aliphatic rings. The maximum atomic E-state index is 12.2. The molecule has 2 aromatic rings. The normalized spacial score (nSPS) is 12.2. The Morgan fingerprint density at radius 2 is 2.00 bits per heavy atom. The molecule has 0 radical (unpaired) electrons. The van der Waals surface area contributed by atoms with Gasteiger partial charge in [0.1, 0.15) is 0 Å². The van der Waals surface area contributed by atoms with Gasteiger partial charge in [-0.3, -0.25) is 4.79 Å². The zero-order chi connectivity index (χ0) is 16.1. The molecule has 3 N–H and O–H groups in total. The third kappa shape index (κ3) is 3.72. The van der Waals surface area contributed by atoms with Crippen molar-refractivity contribution >= 4 is 23.3 Å². The fourth-order valence-corrected chi connectivity index (χ4v) is 2.37. The van der Waals surface area contributed by atoms with Crippen LogP contribution in [0.1, 0.15) is 22.1 Å². The van der Waals surface area contributed by atoms with Crippen molar-refractivity contribution in [3.8, 4) is 0 Å². The van der Waals surface area contributed by atoms with Crippen LogP contribution in [-0.2, 0) is 0 Å². The minimum atomic E-state index is -0.357. The second-order valence-electron chi connectivity index (χ2n) is 5.00. The quantitative estimate of drug-likeness (QED) is 0.877. The van der Waals surface area contributed by atoms with Crippen LogP contribution in [0.15, 0.2) is 36.7 Å². The monoisotopic (exact) mass is 319 g/mol. The van der Waals surface area contributed by atoms with Gasteiger partial charge in [-0.2, -0.15) is 0 Å². The second-order valence-corrected chi connectivity index (χ2v) is 5.41. The van der Waals surface area contributed by atoms with E-state index in [9.17, 15) is 4.79 Å². The van der Waals surface area contributed by atoms with E-state index in [1.54, 1.807) is 0 Å². The Hall–Kier alpha value is -2.18. The molecule has 7 heteroatoms. The predicted molar refractivity (Wildman–Crippen MR) is 86.7 cm³/mol. The Labute approximate surface area is 134 Å². The van der Waals surface area contributed by atoms with Crippen molar-refractivity contribution in [1.29, 1.82) is 0 Å². The zero-order valence-electron chi connectivity index (χ0n) is 12.5. The smallest absolute Gasteiger partial charge is 0.273 e. The highest BCUT2D eigenvalue weighted by Crippen LogP contribution is 2.25. The maximum absolute atomic E-state index is 12.2. The van der Waals surface area contributed by atoms with Crippen LogP contribution in [0.2, 0.25) is 5.02 Å². The maximum Gasteiger partial charge on any atom is 0.273 e. The molecule has 0 bridgehead atoms. The molecule has 1 amide bonds. The number of carbonyl (C=O) groups excluding carboxylic acids is 1. The van der Waals surface area contributed by atoms with Gasteiger partial charge in [0, 0.05) is 24.0 Å². The number of nitrogens with one attached hydrogen (secondary N) is 1. The van der Waals surface area contributed by atoms with E-state index >= 15 is 0 Å². The molecule has 0 aliphatic carbocycles. The van der Waals surface area contributed by atoms with Gasteiger partial charge in [0.25, 0.3) is 5.91 Å². The van der Waals surface area contributed by atoms with Crippen LogP contribution in [0, 0.1) is 0 Å². The number of benzene rings is 1. The molecule has 0 aliphatic heterocycles. The van der Waals surface area contributed by atoms with Crippen molar-refractivity contribution in [2.75, 3.05) is 26.4 Å². The lowest BCUT2D eigenvalue weighted by Crippen LogP contribution is -2.35.